The Morgan fingerprint density at radius 2 is 2.22 bits per heavy atom. The highest BCUT2D eigenvalue weighted by Gasteiger charge is 2.02. The quantitative estimate of drug-likeness (QED) is 0.715. The van der Waals surface area contributed by atoms with Gasteiger partial charge in [0, 0.05) is 13.2 Å². The zero-order chi connectivity index (χ0) is 13.4. The van der Waals surface area contributed by atoms with E-state index in [0.29, 0.717) is 16.7 Å². The molecule has 2 N–H and O–H groups in total. The van der Waals surface area contributed by atoms with Crippen molar-refractivity contribution in [2.45, 2.75) is 26.3 Å². The second-order valence-electron chi connectivity index (χ2n) is 4.58. The Kier molecular flexibility index (Phi) is 7.09. The summed E-state index contributed by atoms with van der Waals surface area (Å²) in [5.41, 5.74) is 1.15. The fourth-order valence-corrected chi connectivity index (χ4v) is 2.00. The van der Waals surface area contributed by atoms with E-state index < -0.39 is 0 Å². The van der Waals surface area contributed by atoms with Crippen molar-refractivity contribution in [1.29, 1.82) is 0 Å². The topological polar surface area (TPSA) is 41.5 Å². The number of halogens is 1. The van der Waals surface area contributed by atoms with Crippen LogP contribution in [0.4, 0.5) is 0 Å². The molecular weight excluding hydrogens is 250 g/mol. The SMILES string of the molecule is COc1ccc(CNCCCC(C)CO)cc1Cl. The molecule has 0 aliphatic rings. The van der Waals surface area contributed by atoms with Crippen LogP contribution in [-0.4, -0.2) is 25.4 Å². The van der Waals surface area contributed by atoms with E-state index in [2.05, 4.69) is 12.2 Å². The van der Waals surface area contributed by atoms with Gasteiger partial charge >= 0.3 is 0 Å². The van der Waals surface area contributed by atoms with Gasteiger partial charge in [0.1, 0.15) is 5.75 Å². The molecule has 0 saturated carbocycles. The number of hydrogen-bond acceptors (Lipinski definition) is 3. The molecular formula is C14H22ClNO2. The summed E-state index contributed by atoms with van der Waals surface area (Å²) in [5, 5.41) is 12.9. The molecule has 0 radical (unpaired) electrons. The smallest absolute Gasteiger partial charge is 0.137 e. The highest BCUT2D eigenvalue weighted by Crippen LogP contribution is 2.24. The fraction of sp³-hybridized carbons (Fsp3) is 0.571. The minimum Gasteiger partial charge on any atom is -0.495 e. The first-order valence-corrected chi connectivity index (χ1v) is 6.69. The summed E-state index contributed by atoms with van der Waals surface area (Å²) in [6, 6.07) is 5.81. The fourth-order valence-electron chi connectivity index (χ4n) is 1.72. The first-order chi connectivity index (χ1) is 8.67. The zero-order valence-corrected chi connectivity index (χ0v) is 11.8. The molecule has 0 amide bonds. The summed E-state index contributed by atoms with van der Waals surface area (Å²) in [4.78, 5) is 0. The molecule has 0 aliphatic heterocycles. The summed E-state index contributed by atoms with van der Waals surface area (Å²) >= 11 is 6.05. The molecule has 0 spiro atoms. The Morgan fingerprint density at radius 3 is 2.83 bits per heavy atom. The minimum atomic E-state index is 0.272. The molecule has 102 valence electrons. The summed E-state index contributed by atoms with van der Waals surface area (Å²) in [7, 11) is 1.61. The Bertz CT molecular complexity index is 358. The van der Waals surface area contributed by atoms with E-state index in [-0.39, 0.29) is 6.61 Å². The first-order valence-electron chi connectivity index (χ1n) is 6.31. The van der Waals surface area contributed by atoms with Gasteiger partial charge in [0.15, 0.2) is 0 Å². The predicted molar refractivity (Wildman–Crippen MR) is 75.2 cm³/mol. The van der Waals surface area contributed by atoms with E-state index in [1.165, 1.54) is 0 Å². The highest BCUT2D eigenvalue weighted by atomic mass is 35.5. The molecule has 1 unspecified atom stereocenters. The molecule has 3 nitrogen and oxygen atoms in total. The number of benzene rings is 1. The number of hydrogen-bond donors (Lipinski definition) is 2. The Hall–Kier alpha value is -0.770. The van der Waals surface area contributed by atoms with Gasteiger partial charge in [-0.1, -0.05) is 24.6 Å². The first kappa shape index (κ1) is 15.3. The van der Waals surface area contributed by atoms with Crippen molar-refractivity contribution >= 4 is 11.6 Å². The van der Waals surface area contributed by atoms with E-state index in [1.54, 1.807) is 7.11 Å². The van der Waals surface area contributed by atoms with E-state index >= 15 is 0 Å². The standard InChI is InChI=1S/C14H22ClNO2/c1-11(10-17)4-3-7-16-9-12-5-6-14(18-2)13(15)8-12/h5-6,8,11,16-17H,3-4,7,9-10H2,1-2H3. The average Bonchev–Trinajstić information content (AvgIpc) is 2.38. The Morgan fingerprint density at radius 1 is 1.44 bits per heavy atom. The van der Waals surface area contributed by atoms with Crippen LogP contribution in [0.2, 0.25) is 5.02 Å². The van der Waals surface area contributed by atoms with Crippen LogP contribution in [0.1, 0.15) is 25.3 Å². The molecule has 0 aliphatic carbocycles. The van der Waals surface area contributed by atoms with E-state index in [4.69, 9.17) is 21.4 Å². The van der Waals surface area contributed by atoms with Gasteiger partial charge in [-0.2, -0.15) is 0 Å². The van der Waals surface area contributed by atoms with E-state index in [0.717, 1.165) is 31.5 Å². The molecule has 1 aromatic carbocycles. The van der Waals surface area contributed by atoms with Crippen molar-refractivity contribution in [3.63, 3.8) is 0 Å². The highest BCUT2D eigenvalue weighted by molar-refractivity contribution is 6.32. The lowest BCUT2D eigenvalue weighted by atomic mass is 10.1. The molecule has 0 aromatic heterocycles. The van der Waals surface area contributed by atoms with E-state index in [9.17, 15) is 0 Å². The second kappa shape index (κ2) is 8.35. The maximum absolute atomic E-state index is 8.90. The zero-order valence-electron chi connectivity index (χ0n) is 11.1. The van der Waals surface area contributed by atoms with Crippen molar-refractivity contribution in [2.24, 2.45) is 5.92 Å². The summed E-state index contributed by atoms with van der Waals surface area (Å²) in [6.45, 7) is 4.09. The van der Waals surface area contributed by atoms with Crippen LogP contribution in [0.3, 0.4) is 0 Å². The van der Waals surface area contributed by atoms with Crippen LogP contribution in [-0.2, 0) is 6.54 Å². The van der Waals surface area contributed by atoms with Crippen molar-refractivity contribution in [1.82, 2.24) is 5.32 Å². The van der Waals surface area contributed by atoms with Crippen molar-refractivity contribution in [3.8, 4) is 5.75 Å². The molecule has 0 saturated heterocycles. The number of methoxy groups -OCH3 is 1. The lowest BCUT2D eigenvalue weighted by Crippen LogP contribution is -2.16. The summed E-state index contributed by atoms with van der Waals surface area (Å²) in [6.07, 6.45) is 2.12. The van der Waals surface area contributed by atoms with Crippen molar-refractivity contribution < 1.29 is 9.84 Å². The van der Waals surface area contributed by atoms with Gasteiger partial charge in [-0.3, -0.25) is 0 Å². The van der Waals surface area contributed by atoms with Crippen molar-refractivity contribution in [2.75, 3.05) is 20.3 Å². The number of rotatable bonds is 8. The number of aliphatic hydroxyl groups excluding tert-OH is 1. The lowest BCUT2D eigenvalue weighted by molar-refractivity contribution is 0.228. The van der Waals surface area contributed by atoms with E-state index in [1.807, 2.05) is 18.2 Å². The van der Waals surface area contributed by atoms with Gasteiger partial charge in [-0.15, -0.1) is 0 Å². The van der Waals surface area contributed by atoms with Crippen LogP contribution >= 0.6 is 11.6 Å². The van der Waals surface area contributed by atoms with Crippen molar-refractivity contribution in [3.05, 3.63) is 28.8 Å². The number of nitrogens with one attached hydrogen (secondary N) is 1. The molecule has 1 aromatic rings. The third kappa shape index (κ3) is 5.25. The van der Waals surface area contributed by atoms with Gasteiger partial charge in [0.05, 0.1) is 12.1 Å². The molecule has 18 heavy (non-hydrogen) atoms. The summed E-state index contributed by atoms with van der Waals surface area (Å²) in [5.74, 6) is 1.10. The normalized spacial score (nSPS) is 12.4. The number of aliphatic hydroxyl groups is 1. The Labute approximate surface area is 114 Å². The molecule has 1 rings (SSSR count). The van der Waals surface area contributed by atoms with Gasteiger partial charge in [0.25, 0.3) is 0 Å². The third-order valence-corrected chi connectivity index (χ3v) is 3.20. The molecule has 4 heteroatoms. The molecule has 0 fully saturated rings. The van der Waals surface area contributed by atoms with Gasteiger partial charge in [0.2, 0.25) is 0 Å². The predicted octanol–water partition coefficient (Wildman–Crippen LogP) is 2.85. The minimum absolute atomic E-state index is 0.272. The van der Waals surface area contributed by atoms with Gasteiger partial charge in [-0.05, 0) is 43.0 Å². The molecule has 0 bridgehead atoms. The van der Waals surface area contributed by atoms with Crippen LogP contribution in [0, 0.1) is 5.92 Å². The second-order valence-corrected chi connectivity index (χ2v) is 4.98. The largest absolute Gasteiger partial charge is 0.495 e. The molecule has 1 atom stereocenters. The monoisotopic (exact) mass is 271 g/mol. The maximum atomic E-state index is 8.90. The third-order valence-electron chi connectivity index (χ3n) is 2.91. The summed E-state index contributed by atoms with van der Waals surface area (Å²) < 4.78 is 5.11. The van der Waals surface area contributed by atoms with Crippen LogP contribution in [0.5, 0.6) is 5.75 Å². The van der Waals surface area contributed by atoms with Crippen LogP contribution in [0.25, 0.3) is 0 Å². The average molecular weight is 272 g/mol. The van der Waals surface area contributed by atoms with Crippen LogP contribution < -0.4 is 10.1 Å². The van der Waals surface area contributed by atoms with Crippen LogP contribution in [0.15, 0.2) is 18.2 Å². The maximum Gasteiger partial charge on any atom is 0.137 e. The van der Waals surface area contributed by atoms with Gasteiger partial charge < -0.3 is 15.2 Å². The Balaban J connectivity index is 2.25. The lowest BCUT2D eigenvalue weighted by Gasteiger charge is -2.09. The molecule has 0 heterocycles. The van der Waals surface area contributed by atoms with Gasteiger partial charge in [-0.25, -0.2) is 0 Å². The number of ether oxygens (including phenoxy) is 1.